The zero-order valence-corrected chi connectivity index (χ0v) is 16.2. The number of ketones is 2. The normalized spacial score (nSPS) is 17.0. The number of hydrogen-bond acceptors (Lipinski definition) is 5. The van der Waals surface area contributed by atoms with Crippen molar-refractivity contribution in [3.8, 4) is 5.75 Å². The Hall–Kier alpha value is -2.82. The van der Waals surface area contributed by atoms with Gasteiger partial charge in [0.25, 0.3) is 0 Å². The molecule has 0 atom stereocenters. The first-order chi connectivity index (χ1) is 12.9. The molecule has 2 N–H and O–H groups in total. The molecule has 2 rings (SSSR count). The summed E-state index contributed by atoms with van der Waals surface area (Å²) in [6.45, 7) is 5.61. The average Bonchev–Trinajstić information content (AvgIpc) is 2.67. The van der Waals surface area contributed by atoms with Crippen LogP contribution < -0.4 is 0 Å². The second-order valence-corrected chi connectivity index (χ2v) is 6.50. The largest absolute Gasteiger partial charge is 0.508 e. The summed E-state index contributed by atoms with van der Waals surface area (Å²) in [6.07, 6.45) is 4.22. The van der Waals surface area contributed by atoms with E-state index in [-0.39, 0.29) is 17.1 Å². The summed E-state index contributed by atoms with van der Waals surface area (Å²) in [5.41, 5.74) is 0.0723. The second-order valence-electron chi connectivity index (χ2n) is 6.50. The predicted molar refractivity (Wildman–Crippen MR) is 104 cm³/mol. The van der Waals surface area contributed by atoms with Crippen molar-refractivity contribution in [1.29, 1.82) is 0 Å². The van der Waals surface area contributed by atoms with E-state index in [4.69, 9.17) is 4.74 Å². The summed E-state index contributed by atoms with van der Waals surface area (Å²) >= 11 is 0. The number of benzene rings is 1. The lowest BCUT2D eigenvalue weighted by Crippen LogP contribution is -2.40. The van der Waals surface area contributed by atoms with Crippen LogP contribution >= 0.6 is 0 Å². The number of carbonyl (C=O) groups is 2. The van der Waals surface area contributed by atoms with Crippen molar-refractivity contribution in [2.24, 2.45) is 5.41 Å². The van der Waals surface area contributed by atoms with Crippen molar-refractivity contribution in [1.82, 2.24) is 0 Å². The van der Waals surface area contributed by atoms with Crippen molar-refractivity contribution >= 4 is 17.6 Å². The minimum absolute atomic E-state index is 0.127. The van der Waals surface area contributed by atoms with E-state index in [1.807, 2.05) is 20.8 Å². The first-order valence-electron chi connectivity index (χ1n) is 9.13. The lowest BCUT2D eigenvalue weighted by atomic mass is 9.68. The molecule has 0 fully saturated rings. The molecule has 1 aromatic rings. The number of aliphatic hydroxyl groups is 1. The van der Waals surface area contributed by atoms with Crippen molar-refractivity contribution in [2.45, 2.75) is 40.0 Å². The monoisotopic (exact) mass is 370 g/mol. The molecule has 0 spiro atoms. The molecule has 5 heteroatoms. The molecule has 0 saturated heterocycles. The van der Waals surface area contributed by atoms with Crippen LogP contribution in [-0.2, 0) is 14.3 Å². The lowest BCUT2D eigenvalue weighted by Gasteiger charge is -2.37. The Morgan fingerprint density at radius 1 is 1.11 bits per heavy atom. The van der Waals surface area contributed by atoms with Crippen molar-refractivity contribution in [3.63, 3.8) is 0 Å². The molecule has 0 radical (unpaired) electrons. The number of ether oxygens (including phenoxy) is 1. The topological polar surface area (TPSA) is 83.8 Å². The zero-order chi connectivity index (χ0) is 20.2. The van der Waals surface area contributed by atoms with Gasteiger partial charge in [0.1, 0.15) is 22.8 Å². The highest BCUT2D eigenvalue weighted by Gasteiger charge is 2.49. The van der Waals surface area contributed by atoms with Crippen molar-refractivity contribution in [2.75, 3.05) is 7.11 Å². The second kappa shape index (κ2) is 8.25. The summed E-state index contributed by atoms with van der Waals surface area (Å²) in [5.74, 6) is -0.659. The summed E-state index contributed by atoms with van der Waals surface area (Å²) in [7, 11) is 1.49. The van der Waals surface area contributed by atoms with E-state index >= 15 is 0 Å². The first kappa shape index (κ1) is 20.5. The van der Waals surface area contributed by atoms with Gasteiger partial charge in [-0.05, 0) is 43.0 Å². The van der Waals surface area contributed by atoms with Gasteiger partial charge in [-0.3, -0.25) is 9.59 Å². The highest BCUT2D eigenvalue weighted by atomic mass is 16.5. The van der Waals surface area contributed by atoms with E-state index in [2.05, 4.69) is 0 Å². The Kier molecular flexibility index (Phi) is 6.26. The smallest absolute Gasteiger partial charge is 0.193 e. The number of carbonyl (C=O) groups excluding carboxylic acids is 2. The highest BCUT2D eigenvalue weighted by Crippen LogP contribution is 2.46. The van der Waals surface area contributed by atoms with Gasteiger partial charge in [0.05, 0.1) is 12.5 Å². The molecule has 0 aliphatic heterocycles. The molecule has 5 nitrogen and oxygen atoms in total. The highest BCUT2D eigenvalue weighted by molar-refractivity contribution is 6.28. The third-order valence-electron chi connectivity index (χ3n) is 5.22. The minimum Gasteiger partial charge on any atom is -0.508 e. The van der Waals surface area contributed by atoms with Crippen LogP contribution in [0, 0.1) is 5.41 Å². The number of methoxy groups -OCH3 is 1. The number of Topliss-reactive ketones (excluding diaryl/α,β-unsaturated/α-hetero) is 1. The molecule has 0 unspecified atom stereocenters. The molecule has 0 saturated carbocycles. The Balaban J connectivity index is 2.52. The van der Waals surface area contributed by atoms with Crippen LogP contribution in [0.4, 0.5) is 0 Å². The van der Waals surface area contributed by atoms with Crippen LogP contribution in [0.5, 0.6) is 5.75 Å². The summed E-state index contributed by atoms with van der Waals surface area (Å²) < 4.78 is 5.51. The van der Waals surface area contributed by atoms with E-state index in [0.717, 1.165) is 0 Å². The van der Waals surface area contributed by atoms with Crippen LogP contribution in [0.1, 0.15) is 45.6 Å². The van der Waals surface area contributed by atoms with Gasteiger partial charge in [-0.2, -0.15) is 0 Å². The van der Waals surface area contributed by atoms with E-state index in [0.29, 0.717) is 36.2 Å². The molecule has 0 heterocycles. The fourth-order valence-electron chi connectivity index (χ4n) is 3.61. The third-order valence-corrected chi connectivity index (χ3v) is 5.22. The maximum absolute atomic E-state index is 13.2. The SMILES string of the molecule is CCC1=C(OC)C(CC)(CC)C(=O)C(C(=O)/C=C/c2ccc(O)cc2)=C1O. The van der Waals surface area contributed by atoms with Gasteiger partial charge in [-0.1, -0.05) is 39.0 Å². The predicted octanol–water partition coefficient (Wildman–Crippen LogP) is 4.49. The van der Waals surface area contributed by atoms with E-state index in [9.17, 15) is 19.8 Å². The van der Waals surface area contributed by atoms with Crippen molar-refractivity contribution in [3.05, 3.63) is 58.6 Å². The molecular weight excluding hydrogens is 344 g/mol. The van der Waals surface area contributed by atoms with Crippen LogP contribution in [0.25, 0.3) is 6.08 Å². The van der Waals surface area contributed by atoms with Gasteiger partial charge in [0.15, 0.2) is 11.6 Å². The average molecular weight is 370 g/mol. The molecule has 0 bridgehead atoms. The van der Waals surface area contributed by atoms with Crippen LogP contribution in [0.15, 0.2) is 53.0 Å². The van der Waals surface area contributed by atoms with Gasteiger partial charge in [-0.25, -0.2) is 0 Å². The van der Waals surface area contributed by atoms with Gasteiger partial charge < -0.3 is 14.9 Å². The standard InChI is InChI=1S/C22H26O5/c1-5-16-19(25)18(20(26)22(6-2,7-3)21(16)27-4)17(24)13-10-14-8-11-15(23)12-9-14/h8-13,23,25H,5-7H2,1-4H3/b13-10+. The maximum atomic E-state index is 13.2. The Morgan fingerprint density at radius 2 is 1.70 bits per heavy atom. The van der Waals surface area contributed by atoms with Gasteiger partial charge in [-0.15, -0.1) is 0 Å². The van der Waals surface area contributed by atoms with Gasteiger partial charge in [0.2, 0.25) is 0 Å². The number of allylic oxidation sites excluding steroid dienone is 4. The van der Waals surface area contributed by atoms with Crippen LogP contribution in [-0.4, -0.2) is 28.9 Å². The van der Waals surface area contributed by atoms with Crippen LogP contribution in [0.3, 0.4) is 0 Å². The number of phenols is 1. The van der Waals surface area contributed by atoms with E-state index < -0.39 is 17.0 Å². The molecule has 0 aromatic heterocycles. The number of rotatable bonds is 7. The third kappa shape index (κ3) is 3.54. The molecular formula is C22H26O5. The summed E-state index contributed by atoms with van der Waals surface area (Å²) in [4.78, 5) is 26.0. The van der Waals surface area contributed by atoms with E-state index in [1.165, 1.54) is 25.3 Å². The molecule has 1 aromatic carbocycles. The van der Waals surface area contributed by atoms with Crippen LogP contribution in [0.2, 0.25) is 0 Å². The summed E-state index contributed by atoms with van der Waals surface area (Å²) in [5, 5.41) is 20.0. The van der Waals surface area contributed by atoms with Gasteiger partial charge >= 0.3 is 0 Å². The number of phenolic OH excluding ortho intramolecular Hbond substituents is 1. The quantitative estimate of drug-likeness (QED) is 0.546. The molecule has 27 heavy (non-hydrogen) atoms. The fourth-order valence-corrected chi connectivity index (χ4v) is 3.61. The number of aromatic hydroxyl groups is 1. The Bertz CT molecular complexity index is 821. The van der Waals surface area contributed by atoms with E-state index in [1.54, 1.807) is 18.2 Å². The Labute approximate surface area is 159 Å². The number of aliphatic hydroxyl groups excluding tert-OH is 1. The molecule has 0 amide bonds. The van der Waals surface area contributed by atoms with Crippen molar-refractivity contribution < 1.29 is 24.5 Å². The minimum atomic E-state index is -0.941. The number of hydrogen-bond donors (Lipinski definition) is 2. The van der Waals surface area contributed by atoms with Gasteiger partial charge in [0, 0.05) is 5.57 Å². The first-order valence-corrected chi connectivity index (χ1v) is 9.13. The summed E-state index contributed by atoms with van der Waals surface area (Å²) in [6, 6.07) is 6.32. The molecule has 1 aliphatic carbocycles. The molecule has 1 aliphatic rings. The Morgan fingerprint density at radius 3 is 2.19 bits per heavy atom. The molecule has 144 valence electrons. The maximum Gasteiger partial charge on any atom is 0.193 e. The fraction of sp³-hybridized carbons (Fsp3) is 0.364. The lowest BCUT2D eigenvalue weighted by molar-refractivity contribution is -0.128. The zero-order valence-electron chi connectivity index (χ0n) is 16.2.